The van der Waals surface area contributed by atoms with Gasteiger partial charge in [-0.1, -0.05) is 35.5 Å². The lowest BCUT2D eigenvalue weighted by molar-refractivity contribution is 0.0697. The summed E-state index contributed by atoms with van der Waals surface area (Å²) >= 11 is 7.61. The average Bonchev–Trinajstić information content (AvgIpc) is 2.60. The number of carboxylic acids is 1. The van der Waals surface area contributed by atoms with Gasteiger partial charge in [-0.05, 0) is 37.0 Å². The zero-order valence-corrected chi connectivity index (χ0v) is 14.7. The van der Waals surface area contributed by atoms with Crippen LogP contribution in [0.1, 0.15) is 35.2 Å². The molecule has 2 heterocycles. The van der Waals surface area contributed by atoms with Gasteiger partial charge in [0.1, 0.15) is 11.0 Å². The van der Waals surface area contributed by atoms with Crippen LogP contribution < -0.4 is 4.90 Å². The lowest BCUT2D eigenvalue weighted by Gasteiger charge is -2.27. The molecule has 0 radical (unpaired) electrons. The van der Waals surface area contributed by atoms with Crippen LogP contribution in [-0.4, -0.2) is 34.1 Å². The number of aromatic carboxylic acids is 1. The van der Waals surface area contributed by atoms with Crippen molar-refractivity contribution in [1.29, 1.82) is 0 Å². The van der Waals surface area contributed by atoms with Crippen molar-refractivity contribution >= 4 is 35.1 Å². The molecule has 1 aliphatic rings. The third-order valence-corrected chi connectivity index (χ3v) is 4.99. The normalized spacial score (nSPS) is 14.6. The van der Waals surface area contributed by atoms with E-state index < -0.39 is 5.97 Å². The van der Waals surface area contributed by atoms with E-state index in [0.29, 0.717) is 16.1 Å². The number of thioether (sulfide) groups is 1. The number of carboxylic acid groups (broad SMARTS) is 1. The molecule has 0 spiro atoms. The minimum Gasteiger partial charge on any atom is -0.478 e. The monoisotopic (exact) mass is 363 g/mol. The number of halogens is 1. The van der Waals surface area contributed by atoms with E-state index in [1.165, 1.54) is 31.0 Å². The van der Waals surface area contributed by atoms with Gasteiger partial charge in [-0.3, -0.25) is 0 Å². The van der Waals surface area contributed by atoms with Gasteiger partial charge in [0.05, 0.1) is 5.56 Å². The Balaban J connectivity index is 1.72. The summed E-state index contributed by atoms with van der Waals surface area (Å²) in [6.45, 7) is 2.00. The SMILES string of the molecule is O=C(O)c1cccc(CSc2nc(Cl)cc(N3CCCCC3)n2)c1. The Labute approximate surface area is 150 Å². The highest BCUT2D eigenvalue weighted by molar-refractivity contribution is 7.98. The third-order valence-electron chi connectivity index (χ3n) is 3.88. The van der Waals surface area contributed by atoms with Crippen molar-refractivity contribution in [3.05, 3.63) is 46.6 Å². The second-order valence-electron chi connectivity index (χ2n) is 5.67. The van der Waals surface area contributed by atoms with Crippen LogP contribution in [0.4, 0.5) is 5.82 Å². The second-order valence-corrected chi connectivity index (χ2v) is 7.00. The Morgan fingerprint density at radius 3 is 2.75 bits per heavy atom. The number of piperidine rings is 1. The van der Waals surface area contributed by atoms with E-state index in [-0.39, 0.29) is 5.56 Å². The van der Waals surface area contributed by atoms with Crippen LogP contribution in [-0.2, 0) is 5.75 Å². The molecule has 5 nitrogen and oxygen atoms in total. The smallest absolute Gasteiger partial charge is 0.335 e. The quantitative estimate of drug-likeness (QED) is 0.490. The first-order valence-electron chi connectivity index (χ1n) is 7.86. The zero-order valence-electron chi connectivity index (χ0n) is 13.1. The van der Waals surface area contributed by atoms with Gasteiger partial charge in [0.15, 0.2) is 5.16 Å². The molecule has 1 fully saturated rings. The minimum atomic E-state index is -0.923. The molecule has 0 aliphatic carbocycles. The molecule has 0 atom stereocenters. The van der Waals surface area contributed by atoms with Crippen LogP contribution in [0.3, 0.4) is 0 Å². The lowest BCUT2D eigenvalue weighted by atomic mass is 10.1. The molecular formula is C17H18ClN3O2S. The van der Waals surface area contributed by atoms with Crippen molar-refractivity contribution in [3.8, 4) is 0 Å². The van der Waals surface area contributed by atoms with Gasteiger partial charge in [-0.25, -0.2) is 14.8 Å². The number of anilines is 1. The maximum Gasteiger partial charge on any atom is 0.335 e. The maximum absolute atomic E-state index is 11.0. The van der Waals surface area contributed by atoms with E-state index >= 15 is 0 Å². The molecule has 24 heavy (non-hydrogen) atoms. The van der Waals surface area contributed by atoms with Gasteiger partial charge in [-0.2, -0.15) is 0 Å². The van der Waals surface area contributed by atoms with Crippen molar-refractivity contribution in [3.63, 3.8) is 0 Å². The molecule has 1 aromatic heterocycles. The summed E-state index contributed by atoms with van der Waals surface area (Å²) in [6.07, 6.45) is 3.61. The van der Waals surface area contributed by atoms with E-state index in [1.54, 1.807) is 18.2 Å². The summed E-state index contributed by atoms with van der Waals surface area (Å²) in [6, 6.07) is 8.71. The molecule has 1 aromatic carbocycles. The maximum atomic E-state index is 11.0. The van der Waals surface area contributed by atoms with Crippen LogP contribution in [0, 0.1) is 0 Å². The number of hydrogen-bond donors (Lipinski definition) is 1. The zero-order chi connectivity index (χ0) is 16.9. The molecule has 1 N–H and O–H groups in total. The van der Waals surface area contributed by atoms with Crippen molar-refractivity contribution in [2.75, 3.05) is 18.0 Å². The molecule has 7 heteroatoms. The molecule has 1 saturated heterocycles. The minimum absolute atomic E-state index is 0.286. The van der Waals surface area contributed by atoms with E-state index in [0.717, 1.165) is 24.5 Å². The van der Waals surface area contributed by atoms with Gasteiger partial charge < -0.3 is 10.0 Å². The fourth-order valence-corrected chi connectivity index (χ4v) is 3.70. The summed E-state index contributed by atoms with van der Waals surface area (Å²) in [5.41, 5.74) is 1.21. The number of hydrogen-bond acceptors (Lipinski definition) is 5. The first-order chi connectivity index (χ1) is 11.6. The largest absolute Gasteiger partial charge is 0.478 e. The molecular weight excluding hydrogens is 346 g/mol. The van der Waals surface area contributed by atoms with Crippen LogP contribution in [0.5, 0.6) is 0 Å². The highest BCUT2D eigenvalue weighted by Gasteiger charge is 2.14. The number of nitrogens with zero attached hydrogens (tertiary/aromatic N) is 3. The number of benzene rings is 1. The Bertz CT molecular complexity index is 736. The highest BCUT2D eigenvalue weighted by Crippen LogP contribution is 2.26. The Morgan fingerprint density at radius 1 is 1.21 bits per heavy atom. The van der Waals surface area contributed by atoms with Gasteiger partial charge in [0.25, 0.3) is 0 Å². The summed E-state index contributed by atoms with van der Waals surface area (Å²) in [5.74, 6) is 0.547. The first-order valence-corrected chi connectivity index (χ1v) is 9.23. The van der Waals surface area contributed by atoms with Crippen LogP contribution >= 0.6 is 23.4 Å². The van der Waals surface area contributed by atoms with Gasteiger partial charge in [0.2, 0.25) is 0 Å². The summed E-state index contributed by atoms with van der Waals surface area (Å²) in [7, 11) is 0. The molecule has 2 aromatic rings. The van der Waals surface area contributed by atoms with E-state index in [1.807, 2.05) is 12.1 Å². The van der Waals surface area contributed by atoms with Crippen LogP contribution in [0.25, 0.3) is 0 Å². The molecule has 0 bridgehead atoms. The summed E-state index contributed by atoms with van der Waals surface area (Å²) < 4.78 is 0. The molecule has 1 aliphatic heterocycles. The predicted octanol–water partition coefficient (Wildman–Crippen LogP) is 4.11. The standard InChI is InChI=1S/C17H18ClN3O2S/c18-14-10-15(21-7-2-1-3-8-21)20-17(19-14)24-11-12-5-4-6-13(9-12)16(22)23/h4-6,9-10H,1-3,7-8,11H2,(H,22,23). The Kier molecular flexibility index (Phi) is 5.58. The van der Waals surface area contributed by atoms with Gasteiger partial charge in [0, 0.05) is 24.9 Å². The topological polar surface area (TPSA) is 66.3 Å². The molecule has 3 rings (SSSR count). The highest BCUT2D eigenvalue weighted by atomic mass is 35.5. The van der Waals surface area contributed by atoms with Gasteiger partial charge >= 0.3 is 5.97 Å². The second kappa shape index (κ2) is 7.85. The Morgan fingerprint density at radius 2 is 2.00 bits per heavy atom. The number of rotatable bonds is 5. The fourth-order valence-electron chi connectivity index (χ4n) is 2.68. The lowest BCUT2D eigenvalue weighted by Crippen LogP contribution is -2.30. The first kappa shape index (κ1) is 17.0. The number of carbonyl (C=O) groups is 1. The summed E-state index contributed by atoms with van der Waals surface area (Å²) in [4.78, 5) is 22.2. The molecule has 0 amide bonds. The molecule has 0 unspecified atom stereocenters. The van der Waals surface area contributed by atoms with E-state index in [2.05, 4.69) is 14.9 Å². The van der Waals surface area contributed by atoms with E-state index in [9.17, 15) is 4.79 Å². The Hall–Kier alpha value is -1.79. The predicted molar refractivity (Wildman–Crippen MR) is 96.1 cm³/mol. The molecule has 126 valence electrons. The van der Waals surface area contributed by atoms with Crippen molar-refractivity contribution in [2.45, 2.75) is 30.2 Å². The van der Waals surface area contributed by atoms with Crippen LogP contribution in [0.15, 0.2) is 35.5 Å². The van der Waals surface area contributed by atoms with Crippen molar-refractivity contribution < 1.29 is 9.90 Å². The number of aromatic nitrogens is 2. The fraction of sp³-hybridized carbons (Fsp3) is 0.353. The van der Waals surface area contributed by atoms with Crippen molar-refractivity contribution in [1.82, 2.24) is 9.97 Å². The average molecular weight is 364 g/mol. The van der Waals surface area contributed by atoms with Crippen molar-refractivity contribution in [2.24, 2.45) is 0 Å². The summed E-state index contributed by atoms with van der Waals surface area (Å²) in [5, 5.41) is 10.1. The van der Waals surface area contributed by atoms with Gasteiger partial charge in [-0.15, -0.1) is 0 Å². The molecule has 0 saturated carbocycles. The van der Waals surface area contributed by atoms with E-state index in [4.69, 9.17) is 16.7 Å². The van der Waals surface area contributed by atoms with Crippen LogP contribution in [0.2, 0.25) is 5.15 Å². The third kappa shape index (κ3) is 4.39.